The van der Waals surface area contributed by atoms with E-state index >= 15 is 0 Å². The molecule has 0 radical (unpaired) electrons. The molecule has 2 aromatic rings. The predicted octanol–water partition coefficient (Wildman–Crippen LogP) is 4.07. The number of benzene rings is 2. The first-order chi connectivity index (χ1) is 10.8. The minimum absolute atomic E-state index is 0.113. The topological polar surface area (TPSA) is 29.1 Å². The zero-order chi connectivity index (χ0) is 15.4. The van der Waals surface area contributed by atoms with E-state index < -0.39 is 0 Å². The van der Waals surface area contributed by atoms with Crippen molar-refractivity contribution in [3.05, 3.63) is 76.9 Å². The average Bonchev–Trinajstić information content (AvgIpc) is 2.57. The lowest BCUT2D eigenvalue weighted by Crippen LogP contribution is -2.23. The molecule has 1 aliphatic heterocycles. The quantitative estimate of drug-likeness (QED) is 0.864. The van der Waals surface area contributed by atoms with Crippen LogP contribution < -0.4 is 5.32 Å². The van der Waals surface area contributed by atoms with Gasteiger partial charge in [0.15, 0.2) is 5.78 Å². The highest BCUT2D eigenvalue weighted by molar-refractivity contribution is 5.94. The molecule has 1 heterocycles. The summed E-state index contributed by atoms with van der Waals surface area (Å²) in [6, 6.07) is 18.6. The lowest BCUT2D eigenvalue weighted by Gasteiger charge is -2.21. The molecule has 0 aliphatic carbocycles. The lowest BCUT2D eigenvalue weighted by molar-refractivity contribution is 0.101. The number of piperidine rings is 1. The smallest absolute Gasteiger partial charge is 0.159 e. The molecule has 0 bridgehead atoms. The summed E-state index contributed by atoms with van der Waals surface area (Å²) in [6.45, 7) is 3.69. The van der Waals surface area contributed by atoms with Crippen molar-refractivity contribution in [2.45, 2.75) is 19.8 Å². The molecule has 1 fully saturated rings. The van der Waals surface area contributed by atoms with Gasteiger partial charge in [0.05, 0.1) is 0 Å². The van der Waals surface area contributed by atoms with Crippen molar-refractivity contribution in [2.24, 2.45) is 0 Å². The van der Waals surface area contributed by atoms with Crippen LogP contribution in [0.4, 0.5) is 0 Å². The maximum absolute atomic E-state index is 11.5. The third-order valence-corrected chi connectivity index (χ3v) is 4.20. The van der Waals surface area contributed by atoms with E-state index in [-0.39, 0.29) is 5.78 Å². The van der Waals surface area contributed by atoms with Gasteiger partial charge in [-0.05, 0) is 49.6 Å². The number of Topliss-reactive ketones (excluding diaryl/α,β-unsaturated/α-hetero) is 1. The summed E-state index contributed by atoms with van der Waals surface area (Å²) < 4.78 is 0. The summed E-state index contributed by atoms with van der Waals surface area (Å²) in [5, 5.41) is 3.42. The second-order valence-corrected chi connectivity index (χ2v) is 5.73. The van der Waals surface area contributed by atoms with Crippen LogP contribution in [-0.4, -0.2) is 18.9 Å². The normalized spacial score (nSPS) is 14.7. The third-order valence-electron chi connectivity index (χ3n) is 4.20. The Kier molecular flexibility index (Phi) is 4.50. The molecule has 3 rings (SSSR count). The van der Waals surface area contributed by atoms with Crippen molar-refractivity contribution in [3.63, 3.8) is 0 Å². The van der Waals surface area contributed by atoms with Crippen LogP contribution in [0.3, 0.4) is 0 Å². The summed E-state index contributed by atoms with van der Waals surface area (Å²) in [7, 11) is 0. The van der Waals surface area contributed by atoms with Crippen LogP contribution in [0.15, 0.2) is 60.2 Å². The number of carbonyl (C=O) groups is 1. The Hall–Kier alpha value is -2.19. The molecule has 0 saturated carbocycles. The summed E-state index contributed by atoms with van der Waals surface area (Å²) in [5.41, 5.74) is 6.06. The molecule has 112 valence electrons. The highest BCUT2D eigenvalue weighted by Gasteiger charge is 2.14. The van der Waals surface area contributed by atoms with Crippen LogP contribution in [0.1, 0.15) is 41.3 Å². The van der Waals surface area contributed by atoms with Crippen LogP contribution in [0, 0.1) is 0 Å². The Balaban J connectivity index is 2.07. The summed E-state index contributed by atoms with van der Waals surface area (Å²) in [6.07, 6.45) is 2.16. The highest BCUT2D eigenvalue weighted by atomic mass is 16.1. The fraction of sp³-hybridized carbons (Fsp3) is 0.250. The zero-order valence-corrected chi connectivity index (χ0v) is 12.9. The summed E-state index contributed by atoms with van der Waals surface area (Å²) >= 11 is 0. The first kappa shape index (κ1) is 14.7. The molecular weight excluding hydrogens is 270 g/mol. The van der Waals surface area contributed by atoms with Crippen LogP contribution in [0.2, 0.25) is 0 Å². The molecule has 22 heavy (non-hydrogen) atoms. The van der Waals surface area contributed by atoms with Gasteiger partial charge < -0.3 is 5.32 Å². The predicted molar refractivity (Wildman–Crippen MR) is 91.0 cm³/mol. The maximum Gasteiger partial charge on any atom is 0.159 e. The minimum atomic E-state index is 0.113. The largest absolute Gasteiger partial charge is 0.316 e. The van der Waals surface area contributed by atoms with Gasteiger partial charge in [-0.2, -0.15) is 0 Å². The standard InChI is InChI=1S/C20H21NO/c1-15(22)16-7-9-18(10-8-16)20(17-5-3-2-4-6-17)19-11-13-21-14-12-19/h2-10,21H,11-14H2,1H3. The molecule has 0 spiro atoms. The van der Waals surface area contributed by atoms with E-state index in [0.717, 1.165) is 31.5 Å². The molecule has 0 amide bonds. The van der Waals surface area contributed by atoms with Gasteiger partial charge >= 0.3 is 0 Å². The average molecular weight is 291 g/mol. The van der Waals surface area contributed by atoms with Crippen LogP contribution in [0.5, 0.6) is 0 Å². The molecular formula is C20H21NO. The van der Waals surface area contributed by atoms with Crippen molar-refractivity contribution >= 4 is 11.4 Å². The number of carbonyl (C=O) groups excluding carboxylic acids is 1. The van der Waals surface area contributed by atoms with E-state index in [9.17, 15) is 4.79 Å². The van der Waals surface area contributed by atoms with E-state index in [1.54, 1.807) is 6.92 Å². The van der Waals surface area contributed by atoms with Gasteiger partial charge in [0.2, 0.25) is 0 Å². The zero-order valence-electron chi connectivity index (χ0n) is 12.9. The Morgan fingerprint density at radius 2 is 1.36 bits per heavy atom. The first-order valence-corrected chi connectivity index (χ1v) is 7.85. The Morgan fingerprint density at radius 3 is 1.95 bits per heavy atom. The molecule has 2 nitrogen and oxygen atoms in total. The van der Waals surface area contributed by atoms with Crippen molar-refractivity contribution in [3.8, 4) is 0 Å². The number of ketones is 1. The van der Waals surface area contributed by atoms with E-state index in [0.29, 0.717) is 0 Å². The fourth-order valence-electron chi connectivity index (χ4n) is 3.03. The van der Waals surface area contributed by atoms with Gasteiger partial charge in [-0.3, -0.25) is 4.79 Å². The molecule has 1 N–H and O–H groups in total. The van der Waals surface area contributed by atoms with Crippen molar-refractivity contribution in [2.75, 3.05) is 13.1 Å². The monoisotopic (exact) mass is 291 g/mol. The van der Waals surface area contributed by atoms with Gasteiger partial charge in [0.1, 0.15) is 0 Å². The van der Waals surface area contributed by atoms with Gasteiger partial charge in [-0.25, -0.2) is 0 Å². The maximum atomic E-state index is 11.5. The van der Waals surface area contributed by atoms with E-state index in [2.05, 4.69) is 41.7 Å². The molecule has 0 unspecified atom stereocenters. The van der Waals surface area contributed by atoms with E-state index in [4.69, 9.17) is 0 Å². The SMILES string of the molecule is CC(=O)c1ccc(C(=C2CCNCC2)c2ccccc2)cc1. The molecule has 0 aromatic heterocycles. The van der Waals surface area contributed by atoms with Gasteiger partial charge in [0, 0.05) is 5.56 Å². The highest BCUT2D eigenvalue weighted by Crippen LogP contribution is 2.31. The van der Waals surface area contributed by atoms with E-state index in [1.807, 2.05) is 18.2 Å². The fourth-order valence-corrected chi connectivity index (χ4v) is 3.03. The molecule has 0 atom stereocenters. The Bertz CT molecular complexity index is 675. The molecule has 1 saturated heterocycles. The molecule has 2 heteroatoms. The first-order valence-electron chi connectivity index (χ1n) is 7.85. The van der Waals surface area contributed by atoms with Gasteiger partial charge in [-0.15, -0.1) is 0 Å². The van der Waals surface area contributed by atoms with Crippen LogP contribution in [0.25, 0.3) is 5.57 Å². The van der Waals surface area contributed by atoms with Crippen molar-refractivity contribution in [1.29, 1.82) is 0 Å². The molecule has 1 aliphatic rings. The third kappa shape index (κ3) is 3.18. The van der Waals surface area contributed by atoms with Crippen molar-refractivity contribution in [1.82, 2.24) is 5.32 Å². The number of hydrogen-bond acceptors (Lipinski definition) is 2. The second kappa shape index (κ2) is 6.71. The van der Waals surface area contributed by atoms with Crippen LogP contribution in [-0.2, 0) is 0 Å². The Morgan fingerprint density at radius 1 is 0.818 bits per heavy atom. The van der Waals surface area contributed by atoms with Crippen LogP contribution >= 0.6 is 0 Å². The van der Waals surface area contributed by atoms with E-state index in [1.165, 1.54) is 22.3 Å². The summed E-state index contributed by atoms with van der Waals surface area (Å²) in [4.78, 5) is 11.5. The Labute approximate surface area is 131 Å². The number of rotatable bonds is 3. The number of nitrogens with one attached hydrogen (secondary N) is 1. The second-order valence-electron chi connectivity index (χ2n) is 5.73. The minimum Gasteiger partial charge on any atom is -0.316 e. The van der Waals surface area contributed by atoms with Gasteiger partial charge in [0.25, 0.3) is 0 Å². The molecule has 2 aromatic carbocycles. The lowest BCUT2D eigenvalue weighted by atomic mass is 9.88. The van der Waals surface area contributed by atoms with Gasteiger partial charge in [-0.1, -0.05) is 60.2 Å². The van der Waals surface area contributed by atoms with Crippen molar-refractivity contribution < 1.29 is 4.79 Å². The summed E-state index contributed by atoms with van der Waals surface area (Å²) in [5.74, 6) is 0.113. The number of hydrogen-bond donors (Lipinski definition) is 1.